The lowest BCUT2D eigenvalue weighted by Crippen LogP contribution is -2.23. The van der Waals surface area contributed by atoms with E-state index in [4.69, 9.17) is 0 Å². The standard InChI is InChI=1S/C19H18F3N3O/c1-13-2-4-14(5-3-13)6-9-18(26)23-10-16-12-25-11-15(19(20,21)22)7-8-17(25)24-16/h2-5,7-8,11-12H,6,9-10H2,1H3,(H,23,26). The molecule has 0 saturated carbocycles. The number of nitrogens with zero attached hydrogens (tertiary/aromatic N) is 2. The largest absolute Gasteiger partial charge is 0.417 e. The molecule has 0 aliphatic rings. The van der Waals surface area contributed by atoms with Crippen LogP contribution in [0.1, 0.15) is 28.8 Å². The molecule has 1 N–H and O–H groups in total. The molecule has 1 amide bonds. The summed E-state index contributed by atoms with van der Waals surface area (Å²) in [6.07, 6.45) is -0.945. The Morgan fingerprint density at radius 2 is 1.85 bits per heavy atom. The lowest BCUT2D eigenvalue weighted by Gasteiger charge is -2.05. The number of hydrogen-bond acceptors (Lipinski definition) is 2. The van der Waals surface area contributed by atoms with Crippen molar-refractivity contribution in [3.05, 3.63) is 71.2 Å². The van der Waals surface area contributed by atoms with Crippen LogP contribution in [0.5, 0.6) is 0 Å². The quantitative estimate of drug-likeness (QED) is 0.749. The summed E-state index contributed by atoms with van der Waals surface area (Å²) in [6.45, 7) is 2.18. The Hall–Kier alpha value is -2.83. The highest BCUT2D eigenvalue weighted by Crippen LogP contribution is 2.29. The number of imidazole rings is 1. The van der Waals surface area contributed by atoms with Crippen LogP contribution in [-0.2, 0) is 23.9 Å². The van der Waals surface area contributed by atoms with Crippen LogP contribution in [0.2, 0.25) is 0 Å². The number of nitrogens with one attached hydrogen (secondary N) is 1. The Labute approximate surface area is 148 Å². The van der Waals surface area contributed by atoms with E-state index in [1.807, 2.05) is 31.2 Å². The summed E-state index contributed by atoms with van der Waals surface area (Å²) in [5.41, 5.74) is 2.42. The lowest BCUT2D eigenvalue weighted by molar-refractivity contribution is -0.137. The first-order valence-electron chi connectivity index (χ1n) is 8.18. The number of amides is 1. The molecule has 3 aromatic rings. The molecule has 0 radical (unpaired) electrons. The second kappa shape index (κ2) is 7.19. The Kier molecular flexibility index (Phi) is 4.97. The van der Waals surface area contributed by atoms with Crippen LogP contribution in [0.4, 0.5) is 13.2 Å². The zero-order chi connectivity index (χ0) is 18.7. The Balaban J connectivity index is 1.57. The van der Waals surface area contributed by atoms with Crippen LogP contribution in [0.3, 0.4) is 0 Å². The molecule has 0 fully saturated rings. The van der Waals surface area contributed by atoms with Crippen molar-refractivity contribution in [1.82, 2.24) is 14.7 Å². The van der Waals surface area contributed by atoms with Crippen LogP contribution in [0, 0.1) is 6.92 Å². The third kappa shape index (κ3) is 4.41. The SMILES string of the molecule is Cc1ccc(CCC(=O)NCc2cn3cc(C(F)(F)F)ccc3n2)cc1. The van der Waals surface area contributed by atoms with E-state index < -0.39 is 11.7 Å². The van der Waals surface area contributed by atoms with Crippen molar-refractivity contribution in [3.63, 3.8) is 0 Å². The summed E-state index contributed by atoms with van der Waals surface area (Å²) in [7, 11) is 0. The first-order chi connectivity index (χ1) is 12.3. The summed E-state index contributed by atoms with van der Waals surface area (Å²) in [4.78, 5) is 16.2. The van der Waals surface area contributed by atoms with Gasteiger partial charge in [-0.2, -0.15) is 13.2 Å². The molecule has 1 aromatic carbocycles. The minimum absolute atomic E-state index is 0.126. The second-order valence-corrected chi connectivity index (χ2v) is 6.18. The van der Waals surface area contributed by atoms with Gasteiger partial charge in [0.15, 0.2) is 0 Å². The summed E-state index contributed by atoms with van der Waals surface area (Å²) in [5, 5.41) is 2.75. The number of aryl methyl sites for hydroxylation is 2. The number of fused-ring (bicyclic) bond motifs is 1. The van der Waals surface area contributed by atoms with Crippen LogP contribution in [0.15, 0.2) is 48.8 Å². The normalized spacial score (nSPS) is 11.7. The maximum absolute atomic E-state index is 12.7. The van der Waals surface area contributed by atoms with Gasteiger partial charge in [-0.3, -0.25) is 4.79 Å². The molecule has 26 heavy (non-hydrogen) atoms. The van der Waals surface area contributed by atoms with Crippen molar-refractivity contribution in [2.24, 2.45) is 0 Å². The van der Waals surface area contributed by atoms with Crippen LogP contribution < -0.4 is 5.32 Å². The molecule has 0 atom stereocenters. The number of carbonyl (C=O) groups is 1. The van der Waals surface area contributed by atoms with Crippen LogP contribution >= 0.6 is 0 Å². The highest BCUT2D eigenvalue weighted by atomic mass is 19.4. The maximum Gasteiger partial charge on any atom is 0.417 e. The fourth-order valence-corrected chi connectivity index (χ4v) is 2.59. The first-order valence-corrected chi connectivity index (χ1v) is 8.18. The monoisotopic (exact) mass is 361 g/mol. The summed E-state index contributed by atoms with van der Waals surface area (Å²) in [5.74, 6) is -0.126. The van der Waals surface area contributed by atoms with Crippen molar-refractivity contribution in [1.29, 1.82) is 0 Å². The molecule has 7 heteroatoms. The Bertz CT molecular complexity index is 914. The molecule has 0 saturated heterocycles. The molecule has 0 spiro atoms. The van der Waals surface area contributed by atoms with E-state index in [9.17, 15) is 18.0 Å². The van der Waals surface area contributed by atoms with Gasteiger partial charge in [0.1, 0.15) is 5.65 Å². The van der Waals surface area contributed by atoms with Gasteiger partial charge in [0.05, 0.1) is 17.8 Å². The highest BCUT2D eigenvalue weighted by Gasteiger charge is 2.30. The van der Waals surface area contributed by atoms with E-state index in [1.165, 1.54) is 22.2 Å². The average molecular weight is 361 g/mol. The predicted octanol–water partition coefficient (Wildman–Crippen LogP) is 3.91. The van der Waals surface area contributed by atoms with Crippen molar-refractivity contribution < 1.29 is 18.0 Å². The van der Waals surface area contributed by atoms with E-state index in [-0.39, 0.29) is 12.5 Å². The number of benzene rings is 1. The van der Waals surface area contributed by atoms with Crippen molar-refractivity contribution in [3.8, 4) is 0 Å². The van der Waals surface area contributed by atoms with E-state index in [0.717, 1.165) is 17.8 Å². The van der Waals surface area contributed by atoms with Crippen molar-refractivity contribution in [2.75, 3.05) is 0 Å². The van der Waals surface area contributed by atoms with Crippen LogP contribution in [0.25, 0.3) is 5.65 Å². The zero-order valence-electron chi connectivity index (χ0n) is 14.2. The third-order valence-corrected chi connectivity index (χ3v) is 4.06. The summed E-state index contributed by atoms with van der Waals surface area (Å²) in [6, 6.07) is 10.3. The third-order valence-electron chi connectivity index (χ3n) is 4.06. The number of pyridine rings is 1. The molecular formula is C19H18F3N3O. The molecule has 136 valence electrons. The lowest BCUT2D eigenvalue weighted by atomic mass is 10.1. The Morgan fingerprint density at radius 1 is 1.12 bits per heavy atom. The fraction of sp³-hybridized carbons (Fsp3) is 0.263. The summed E-state index contributed by atoms with van der Waals surface area (Å²) >= 11 is 0. The number of rotatable bonds is 5. The number of halogens is 3. The minimum Gasteiger partial charge on any atom is -0.350 e. The van der Waals surface area contributed by atoms with E-state index in [2.05, 4.69) is 10.3 Å². The molecule has 2 heterocycles. The molecular weight excluding hydrogens is 343 g/mol. The number of hydrogen-bond donors (Lipinski definition) is 1. The average Bonchev–Trinajstić information content (AvgIpc) is 3.01. The summed E-state index contributed by atoms with van der Waals surface area (Å²) < 4.78 is 39.5. The first kappa shape index (κ1) is 18.0. The second-order valence-electron chi connectivity index (χ2n) is 6.18. The van der Waals surface area contributed by atoms with Crippen molar-refractivity contribution >= 4 is 11.6 Å². The van der Waals surface area contributed by atoms with Crippen molar-refractivity contribution in [2.45, 2.75) is 32.5 Å². The fourth-order valence-electron chi connectivity index (χ4n) is 2.59. The van der Waals surface area contributed by atoms with Gasteiger partial charge in [-0.1, -0.05) is 29.8 Å². The molecule has 0 unspecified atom stereocenters. The van der Waals surface area contributed by atoms with Gasteiger partial charge in [0.2, 0.25) is 5.91 Å². The number of alkyl halides is 3. The molecule has 0 aliphatic heterocycles. The highest BCUT2D eigenvalue weighted by molar-refractivity contribution is 5.76. The molecule has 0 bridgehead atoms. The van der Waals surface area contributed by atoms with Gasteiger partial charge in [-0.05, 0) is 31.0 Å². The molecule has 3 rings (SSSR count). The van der Waals surface area contributed by atoms with Gasteiger partial charge in [-0.15, -0.1) is 0 Å². The zero-order valence-corrected chi connectivity index (χ0v) is 14.2. The maximum atomic E-state index is 12.7. The van der Waals surface area contributed by atoms with Gasteiger partial charge in [-0.25, -0.2) is 4.98 Å². The van der Waals surface area contributed by atoms with Gasteiger partial charge >= 0.3 is 6.18 Å². The number of aromatic nitrogens is 2. The van der Waals surface area contributed by atoms with Gasteiger partial charge in [0, 0.05) is 18.8 Å². The van der Waals surface area contributed by atoms with E-state index in [1.54, 1.807) is 0 Å². The van der Waals surface area contributed by atoms with Gasteiger partial charge in [0.25, 0.3) is 0 Å². The molecule has 2 aromatic heterocycles. The van der Waals surface area contributed by atoms with E-state index in [0.29, 0.717) is 24.2 Å². The number of carbonyl (C=O) groups excluding carboxylic acids is 1. The van der Waals surface area contributed by atoms with Gasteiger partial charge < -0.3 is 9.72 Å². The predicted molar refractivity (Wildman–Crippen MR) is 91.5 cm³/mol. The van der Waals surface area contributed by atoms with Crippen LogP contribution in [-0.4, -0.2) is 15.3 Å². The smallest absolute Gasteiger partial charge is 0.350 e. The minimum atomic E-state index is -4.40. The molecule has 4 nitrogen and oxygen atoms in total. The topological polar surface area (TPSA) is 46.4 Å². The molecule has 0 aliphatic carbocycles. The van der Waals surface area contributed by atoms with E-state index >= 15 is 0 Å². The Morgan fingerprint density at radius 3 is 2.54 bits per heavy atom.